The van der Waals surface area contributed by atoms with Gasteiger partial charge in [-0.25, -0.2) is 0 Å². The van der Waals surface area contributed by atoms with Gasteiger partial charge in [-0.3, -0.25) is 4.79 Å². The Bertz CT molecular complexity index is 265. The van der Waals surface area contributed by atoms with Gasteiger partial charge in [0.1, 0.15) is 0 Å². The smallest absolute Gasteiger partial charge is 0.228 e. The summed E-state index contributed by atoms with van der Waals surface area (Å²) in [5.74, 6) is 1.94. The van der Waals surface area contributed by atoms with E-state index in [9.17, 15) is 4.79 Å². The van der Waals surface area contributed by atoms with Crippen molar-refractivity contribution in [1.29, 1.82) is 0 Å². The van der Waals surface area contributed by atoms with Gasteiger partial charge in [0.25, 0.3) is 0 Å². The van der Waals surface area contributed by atoms with E-state index in [4.69, 9.17) is 4.74 Å². The Morgan fingerprint density at radius 1 is 1.27 bits per heavy atom. The van der Waals surface area contributed by atoms with Crippen LogP contribution in [0.1, 0.15) is 6.42 Å². The number of carbonyl (C=O) groups excluding carboxylic acids is 1. The fourth-order valence-corrected chi connectivity index (χ4v) is 2.78. The van der Waals surface area contributed by atoms with Crippen molar-refractivity contribution in [1.82, 2.24) is 10.2 Å². The minimum absolute atomic E-state index is 0.254. The summed E-state index contributed by atoms with van der Waals surface area (Å²) >= 11 is 0. The first-order valence-corrected chi connectivity index (χ1v) is 5.92. The standard InChI is InChI=1S/C11H18N2O2/c14-11(9-3-12-4-9)13-2-1-8-6-15-7-10(8)5-13/h8-10,12H,1-7H2/t8-,10+/m0/s1. The lowest BCUT2D eigenvalue weighted by atomic mass is 9.87. The molecule has 0 spiro atoms. The van der Waals surface area contributed by atoms with Crippen LogP contribution >= 0.6 is 0 Å². The van der Waals surface area contributed by atoms with Gasteiger partial charge < -0.3 is 15.0 Å². The molecule has 0 aromatic carbocycles. The predicted molar refractivity (Wildman–Crippen MR) is 55.4 cm³/mol. The van der Waals surface area contributed by atoms with Crippen molar-refractivity contribution >= 4 is 5.91 Å². The lowest BCUT2D eigenvalue weighted by Crippen LogP contribution is -2.54. The van der Waals surface area contributed by atoms with E-state index in [2.05, 4.69) is 10.2 Å². The minimum Gasteiger partial charge on any atom is -0.381 e. The molecule has 4 heteroatoms. The van der Waals surface area contributed by atoms with E-state index >= 15 is 0 Å². The number of rotatable bonds is 1. The number of ether oxygens (including phenoxy) is 1. The van der Waals surface area contributed by atoms with Gasteiger partial charge in [-0.05, 0) is 12.3 Å². The van der Waals surface area contributed by atoms with Crippen molar-refractivity contribution in [2.24, 2.45) is 17.8 Å². The van der Waals surface area contributed by atoms with Gasteiger partial charge >= 0.3 is 0 Å². The molecule has 0 radical (unpaired) electrons. The van der Waals surface area contributed by atoms with Gasteiger partial charge in [0.2, 0.25) is 5.91 Å². The Kier molecular flexibility index (Phi) is 2.41. The predicted octanol–water partition coefficient (Wildman–Crippen LogP) is -0.299. The van der Waals surface area contributed by atoms with Crippen molar-refractivity contribution in [2.75, 3.05) is 39.4 Å². The van der Waals surface area contributed by atoms with Gasteiger partial charge in [0.05, 0.1) is 12.5 Å². The topological polar surface area (TPSA) is 41.6 Å². The van der Waals surface area contributed by atoms with Crippen LogP contribution < -0.4 is 5.32 Å². The number of carbonyl (C=O) groups is 1. The summed E-state index contributed by atoms with van der Waals surface area (Å²) in [6.45, 7) is 5.40. The third kappa shape index (κ3) is 1.66. The average molecular weight is 210 g/mol. The highest BCUT2D eigenvalue weighted by molar-refractivity contribution is 5.80. The highest BCUT2D eigenvalue weighted by atomic mass is 16.5. The molecule has 0 bridgehead atoms. The molecule has 15 heavy (non-hydrogen) atoms. The molecule has 4 nitrogen and oxygen atoms in total. The monoisotopic (exact) mass is 210 g/mol. The van der Waals surface area contributed by atoms with Crippen molar-refractivity contribution in [3.05, 3.63) is 0 Å². The summed E-state index contributed by atoms with van der Waals surface area (Å²) in [5.41, 5.74) is 0. The average Bonchev–Trinajstić information content (AvgIpc) is 2.61. The molecule has 3 fully saturated rings. The minimum atomic E-state index is 0.254. The normalized spacial score (nSPS) is 36.1. The Labute approximate surface area is 90.0 Å². The summed E-state index contributed by atoms with van der Waals surface area (Å²) in [6, 6.07) is 0. The van der Waals surface area contributed by atoms with Crippen LogP contribution in [0.5, 0.6) is 0 Å². The summed E-state index contributed by atoms with van der Waals surface area (Å²) in [4.78, 5) is 14.1. The third-order valence-electron chi connectivity index (χ3n) is 4.00. The van der Waals surface area contributed by atoms with E-state index < -0.39 is 0 Å². The van der Waals surface area contributed by atoms with Crippen LogP contribution in [0.2, 0.25) is 0 Å². The maximum Gasteiger partial charge on any atom is 0.228 e. The maximum absolute atomic E-state index is 12.0. The molecular formula is C11H18N2O2. The summed E-state index contributed by atoms with van der Waals surface area (Å²) in [6.07, 6.45) is 1.14. The number of hydrogen-bond donors (Lipinski definition) is 1. The molecule has 1 amide bonds. The van der Waals surface area contributed by atoms with Gasteiger partial charge in [-0.15, -0.1) is 0 Å². The molecule has 0 aromatic rings. The molecule has 1 N–H and O–H groups in total. The van der Waals surface area contributed by atoms with Crippen molar-refractivity contribution in [3.8, 4) is 0 Å². The quantitative estimate of drug-likeness (QED) is 0.646. The van der Waals surface area contributed by atoms with E-state index in [-0.39, 0.29) is 5.92 Å². The number of likely N-dealkylation sites (tertiary alicyclic amines) is 1. The number of amides is 1. The molecule has 3 saturated heterocycles. The highest BCUT2D eigenvalue weighted by Gasteiger charge is 2.38. The van der Waals surface area contributed by atoms with Crippen molar-refractivity contribution < 1.29 is 9.53 Å². The molecule has 2 atom stereocenters. The number of hydrogen-bond acceptors (Lipinski definition) is 3. The first-order valence-electron chi connectivity index (χ1n) is 5.92. The fourth-order valence-electron chi connectivity index (χ4n) is 2.78. The van der Waals surface area contributed by atoms with Crippen LogP contribution in [0, 0.1) is 17.8 Å². The third-order valence-corrected chi connectivity index (χ3v) is 4.00. The maximum atomic E-state index is 12.0. The molecule has 0 unspecified atom stereocenters. The molecule has 3 heterocycles. The molecule has 3 rings (SSSR count). The van der Waals surface area contributed by atoms with Crippen LogP contribution in [0.15, 0.2) is 0 Å². The molecule has 0 saturated carbocycles. The zero-order chi connectivity index (χ0) is 10.3. The Morgan fingerprint density at radius 3 is 2.80 bits per heavy atom. The summed E-state index contributed by atoms with van der Waals surface area (Å²) in [5, 5.41) is 3.16. The highest BCUT2D eigenvalue weighted by Crippen LogP contribution is 2.30. The molecular weight excluding hydrogens is 192 g/mol. The van der Waals surface area contributed by atoms with Crippen molar-refractivity contribution in [2.45, 2.75) is 6.42 Å². The molecule has 3 aliphatic heterocycles. The first-order chi connectivity index (χ1) is 7.34. The van der Waals surface area contributed by atoms with E-state index in [1.807, 2.05) is 0 Å². The number of piperidine rings is 1. The molecule has 3 aliphatic rings. The molecule has 0 aliphatic carbocycles. The van der Waals surface area contributed by atoms with Crippen LogP contribution in [0.3, 0.4) is 0 Å². The van der Waals surface area contributed by atoms with E-state index in [0.717, 1.165) is 45.8 Å². The second-order valence-electron chi connectivity index (χ2n) is 4.99. The fraction of sp³-hybridized carbons (Fsp3) is 0.909. The summed E-state index contributed by atoms with van der Waals surface area (Å²) in [7, 11) is 0. The largest absolute Gasteiger partial charge is 0.381 e. The van der Waals surface area contributed by atoms with E-state index in [1.165, 1.54) is 0 Å². The lowest BCUT2D eigenvalue weighted by molar-refractivity contribution is -0.139. The number of nitrogens with zero attached hydrogens (tertiary/aromatic N) is 1. The van der Waals surface area contributed by atoms with Gasteiger partial charge in [-0.1, -0.05) is 0 Å². The van der Waals surface area contributed by atoms with Crippen LogP contribution in [-0.2, 0) is 9.53 Å². The second kappa shape index (κ2) is 3.76. The zero-order valence-electron chi connectivity index (χ0n) is 8.95. The van der Waals surface area contributed by atoms with Crippen LogP contribution in [-0.4, -0.2) is 50.2 Å². The number of nitrogens with one attached hydrogen (secondary N) is 1. The summed E-state index contributed by atoms with van der Waals surface area (Å²) < 4.78 is 5.47. The van der Waals surface area contributed by atoms with Gasteiger partial charge in [0.15, 0.2) is 0 Å². The van der Waals surface area contributed by atoms with Gasteiger partial charge in [0, 0.05) is 38.7 Å². The Morgan fingerprint density at radius 2 is 2.07 bits per heavy atom. The lowest BCUT2D eigenvalue weighted by Gasteiger charge is -2.38. The molecule has 84 valence electrons. The molecule has 0 aromatic heterocycles. The van der Waals surface area contributed by atoms with E-state index in [0.29, 0.717) is 17.7 Å². The van der Waals surface area contributed by atoms with Crippen molar-refractivity contribution in [3.63, 3.8) is 0 Å². The van der Waals surface area contributed by atoms with Crippen LogP contribution in [0.25, 0.3) is 0 Å². The zero-order valence-corrected chi connectivity index (χ0v) is 8.95. The van der Waals surface area contributed by atoms with Crippen LogP contribution in [0.4, 0.5) is 0 Å². The first kappa shape index (κ1) is 9.60. The second-order valence-corrected chi connectivity index (χ2v) is 4.99. The van der Waals surface area contributed by atoms with Gasteiger partial charge in [-0.2, -0.15) is 0 Å². The Hall–Kier alpha value is -0.610. The SMILES string of the molecule is O=C(C1CNC1)N1CC[C@H]2COC[C@H]2C1. The Balaban J connectivity index is 1.60. The van der Waals surface area contributed by atoms with E-state index in [1.54, 1.807) is 0 Å². The number of fused-ring (bicyclic) bond motifs is 1.